The summed E-state index contributed by atoms with van der Waals surface area (Å²) in [7, 11) is 1.52. The maximum Gasteiger partial charge on any atom is 0.415 e. The number of benzene rings is 2. The minimum absolute atomic E-state index is 0.146. The molecule has 0 radical (unpaired) electrons. The van der Waals surface area contributed by atoms with Crippen molar-refractivity contribution in [2.75, 3.05) is 33.2 Å². The van der Waals surface area contributed by atoms with Gasteiger partial charge in [-0.05, 0) is 54.8 Å². The predicted octanol–water partition coefficient (Wildman–Crippen LogP) is 4.41. The minimum atomic E-state index is -1.32. The van der Waals surface area contributed by atoms with Gasteiger partial charge in [-0.2, -0.15) is 5.26 Å². The third kappa shape index (κ3) is 5.48. The van der Waals surface area contributed by atoms with E-state index in [9.17, 15) is 18.8 Å². The first kappa shape index (κ1) is 27.8. The molecule has 2 saturated heterocycles. The number of nitrogens with zero attached hydrogens (tertiary/aromatic N) is 3. The summed E-state index contributed by atoms with van der Waals surface area (Å²) in [6.07, 6.45) is -0.149. The number of ketones is 1. The Labute approximate surface area is 230 Å². The van der Waals surface area contributed by atoms with Crippen LogP contribution in [-0.2, 0) is 9.59 Å². The fourth-order valence-electron chi connectivity index (χ4n) is 5.36. The molecule has 11 heteroatoms. The average molecular weight is 561 g/mol. The first-order chi connectivity index (χ1) is 18.2. The van der Waals surface area contributed by atoms with Gasteiger partial charge >= 0.3 is 6.09 Å². The quantitative estimate of drug-likeness (QED) is 0.561. The summed E-state index contributed by atoms with van der Waals surface area (Å²) >= 11 is 12.5. The molecule has 2 heterocycles. The number of rotatable bonds is 6. The van der Waals surface area contributed by atoms with Crippen LogP contribution in [0.4, 0.5) is 9.18 Å². The zero-order chi connectivity index (χ0) is 27.4. The van der Waals surface area contributed by atoms with Gasteiger partial charge in [0.25, 0.3) is 0 Å². The first-order valence-corrected chi connectivity index (χ1v) is 13.0. The van der Waals surface area contributed by atoms with Crippen LogP contribution >= 0.6 is 23.2 Å². The van der Waals surface area contributed by atoms with E-state index in [-0.39, 0.29) is 30.4 Å². The van der Waals surface area contributed by atoms with Crippen molar-refractivity contribution in [3.05, 3.63) is 63.9 Å². The summed E-state index contributed by atoms with van der Waals surface area (Å²) in [6.45, 7) is 1.28. The average Bonchev–Trinajstić information content (AvgIpc) is 3.37. The number of carbonyl (C=O) groups is 3. The molecule has 2 aliphatic rings. The number of nitriles is 1. The number of piperidine rings is 1. The van der Waals surface area contributed by atoms with E-state index in [0.29, 0.717) is 42.5 Å². The van der Waals surface area contributed by atoms with Crippen LogP contribution in [0.15, 0.2) is 42.5 Å². The van der Waals surface area contributed by atoms with Gasteiger partial charge in [-0.25, -0.2) is 9.18 Å². The molecule has 2 atom stereocenters. The van der Waals surface area contributed by atoms with Crippen molar-refractivity contribution in [1.29, 1.82) is 5.26 Å². The van der Waals surface area contributed by atoms with Crippen LogP contribution in [0.25, 0.3) is 0 Å². The number of hydrogen-bond donors (Lipinski definition) is 1. The van der Waals surface area contributed by atoms with Crippen LogP contribution in [0.3, 0.4) is 0 Å². The van der Waals surface area contributed by atoms with Gasteiger partial charge in [0.2, 0.25) is 5.91 Å². The maximum absolute atomic E-state index is 14.3. The number of halogens is 3. The number of amides is 2. The van der Waals surface area contributed by atoms with E-state index in [1.54, 1.807) is 23.1 Å². The lowest BCUT2D eigenvalue weighted by molar-refractivity contribution is -0.138. The third-order valence-electron chi connectivity index (χ3n) is 7.43. The van der Waals surface area contributed by atoms with Crippen LogP contribution in [0.2, 0.25) is 10.0 Å². The summed E-state index contributed by atoms with van der Waals surface area (Å²) in [6, 6.07) is 12.1. The minimum Gasteiger partial charge on any atom is -0.410 e. The van der Waals surface area contributed by atoms with Crippen molar-refractivity contribution < 1.29 is 23.5 Å². The van der Waals surface area contributed by atoms with Gasteiger partial charge in [0, 0.05) is 45.1 Å². The van der Waals surface area contributed by atoms with Crippen LogP contribution in [0.1, 0.15) is 30.7 Å². The summed E-state index contributed by atoms with van der Waals surface area (Å²) in [5.74, 6) is -1.62. The highest BCUT2D eigenvalue weighted by molar-refractivity contribution is 6.42. The molecule has 4 rings (SSSR count). The molecule has 0 aromatic heterocycles. The molecular formula is C27H27Cl2FN4O4. The van der Waals surface area contributed by atoms with Crippen LogP contribution in [-0.4, -0.2) is 66.3 Å². The molecule has 0 bridgehead atoms. The normalized spacial score (nSPS) is 21.6. The first-order valence-electron chi connectivity index (χ1n) is 12.2. The molecule has 8 nitrogen and oxygen atoms in total. The van der Waals surface area contributed by atoms with Crippen molar-refractivity contribution in [3.63, 3.8) is 0 Å². The van der Waals surface area contributed by atoms with Gasteiger partial charge < -0.3 is 15.0 Å². The molecule has 0 unspecified atom stereocenters. The number of hydrogen-bond acceptors (Lipinski definition) is 6. The molecular weight excluding hydrogens is 534 g/mol. The zero-order valence-corrected chi connectivity index (χ0v) is 22.3. The second-order valence-electron chi connectivity index (χ2n) is 9.52. The van der Waals surface area contributed by atoms with Crippen LogP contribution in [0.5, 0.6) is 5.75 Å². The van der Waals surface area contributed by atoms with Crippen molar-refractivity contribution in [2.24, 2.45) is 5.92 Å². The van der Waals surface area contributed by atoms with Gasteiger partial charge in [-0.15, -0.1) is 0 Å². The number of carbonyl (C=O) groups excluding carboxylic acids is 3. The summed E-state index contributed by atoms with van der Waals surface area (Å²) in [5, 5.41) is 12.8. The smallest absolute Gasteiger partial charge is 0.410 e. The largest absolute Gasteiger partial charge is 0.415 e. The van der Waals surface area contributed by atoms with Gasteiger partial charge in [0.15, 0.2) is 5.78 Å². The zero-order valence-electron chi connectivity index (χ0n) is 20.8. The van der Waals surface area contributed by atoms with Gasteiger partial charge in [-0.3, -0.25) is 14.5 Å². The van der Waals surface area contributed by atoms with E-state index in [1.807, 2.05) is 6.07 Å². The molecule has 2 aromatic carbocycles. The molecule has 1 N–H and O–H groups in total. The maximum atomic E-state index is 14.3. The van der Waals surface area contributed by atoms with E-state index in [2.05, 4.69) is 5.32 Å². The molecule has 2 aromatic rings. The molecule has 0 aliphatic carbocycles. The number of Topliss-reactive ketones (excluding diaryl/α,β-unsaturated/α-hetero) is 1. The second-order valence-corrected chi connectivity index (χ2v) is 10.3. The number of likely N-dealkylation sites (tertiary alicyclic amines) is 1. The van der Waals surface area contributed by atoms with Crippen molar-refractivity contribution in [2.45, 2.75) is 30.7 Å². The lowest BCUT2D eigenvalue weighted by Crippen LogP contribution is -2.62. The van der Waals surface area contributed by atoms with E-state index >= 15 is 0 Å². The Balaban J connectivity index is 1.66. The Bertz CT molecular complexity index is 1260. The van der Waals surface area contributed by atoms with Crippen LogP contribution in [0, 0.1) is 23.1 Å². The summed E-state index contributed by atoms with van der Waals surface area (Å²) in [5.41, 5.74) is -0.585. The van der Waals surface area contributed by atoms with Gasteiger partial charge in [0.1, 0.15) is 23.5 Å². The van der Waals surface area contributed by atoms with Crippen molar-refractivity contribution in [3.8, 4) is 11.8 Å². The highest BCUT2D eigenvalue weighted by atomic mass is 35.5. The van der Waals surface area contributed by atoms with E-state index in [4.69, 9.17) is 33.2 Å². The highest BCUT2D eigenvalue weighted by Gasteiger charge is 2.56. The van der Waals surface area contributed by atoms with Gasteiger partial charge in [-0.1, -0.05) is 29.3 Å². The molecule has 0 spiro atoms. The Hall–Kier alpha value is -3.19. The Morgan fingerprint density at radius 1 is 1.16 bits per heavy atom. The molecule has 0 saturated carbocycles. The lowest BCUT2D eigenvalue weighted by Gasteiger charge is -2.44. The monoisotopic (exact) mass is 560 g/mol. The topological polar surface area (TPSA) is 103 Å². The van der Waals surface area contributed by atoms with E-state index < -0.39 is 29.3 Å². The van der Waals surface area contributed by atoms with Crippen molar-refractivity contribution >= 4 is 41.0 Å². The second kappa shape index (κ2) is 11.7. The summed E-state index contributed by atoms with van der Waals surface area (Å²) < 4.78 is 18.9. The number of ether oxygens (including phenoxy) is 1. The summed E-state index contributed by atoms with van der Waals surface area (Å²) in [4.78, 5) is 42.8. The fraction of sp³-hybridized carbons (Fsp3) is 0.407. The molecule has 2 fully saturated rings. The Morgan fingerprint density at radius 3 is 2.47 bits per heavy atom. The predicted molar refractivity (Wildman–Crippen MR) is 140 cm³/mol. The standard InChI is InChI=1S/C27H27Cl2FN4O4/c1-33(26(37)38-20-5-3-19(30)4-6-20)27(16-32-15-21(27)18-2-7-22(28)23(29)14-18)25(36)17-9-12-34(13-10-17)24(35)8-11-31/h2-7,14,17,21,32H,8-10,12-13,15-16H2,1H3/t21-,27+/m0/s1. The van der Waals surface area contributed by atoms with Crippen molar-refractivity contribution in [1.82, 2.24) is 15.1 Å². The van der Waals surface area contributed by atoms with E-state index in [1.165, 1.54) is 36.2 Å². The van der Waals surface area contributed by atoms with Crippen LogP contribution < -0.4 is 10.1 Å². The number of nitrogens with one attached hydrogen (secondary N) is 1. The Morgan fingerprint density at radius 2 is 1.84 bits per heavy atom. The molecule has 2 aliphatic heterocycles. The SMILES string of the molecule is CN(C(=O)Oc1ccc(F)cc1)[C@]1(C(=O)C2CCN(C(=O)CC#N)CC2)CNC[C@H]1c1ccc(Cl)c(Cl)c1. The van der Waals surface area contributed by atoms with E-state index in [0.717, 1.165) is 5.56 Å². The van der Waals surface area contributed by atoms with Gasteiger partial charge in [0.05, 0.1) is 16.1 Å². The fourth-order valence-corrected chi connectivity index (χ4v) is 5.66. The highest BCUT2D eigenvalue weighted by Crippen LogP contribution is 2.42. The lowest BCUT2D eigenvalue weighted by atomic mass is 9.72. The molecule has 2 amide bonds. The third-order valence-corrected chi connectivity index (χ3v) is 8.17. The number of likely N-dealkylation sites (N-methyl/N-ethyl adjacent to an activating group) is 1. The molecule has 38 heavy (non-hydrogen) atoms. The Kier molecular flexibility index (Phi) is 8.56. The molecule has 200 valence electrons.